The fourth-order valence-electron chi connectivity index (χ4n) is 2.37. The van der Waals surface area contributed by atoms with Crippen molar-refractivity contribution in [1.29, 1.82) is 10.7 Å². The number of benzene rings is 1. The van der Waals surface area contributed by atoms with Crippen LogP contribution in [0.15, 0.2) is 47.3 Å². The van der Waals surface area contributed by atoms with Crippen LogP contribution in [0, 0.1) is 23.7 Å². The van der Waals surface area contributed by atoms with Gasteiger partial charge in [0.2, 0.25) is 0 Å². The summed E-state index contributed by atoms with van der Waals surface area (Å²) < 4.78 is 4.99. The molecular weight excluding hydrogens is 332 g/mol. The number of aromatic nitrogens is 2. The molecule has 26 heavy (non-hydrogen) atoms. The number of hydrogen-bond acceptors (Lipinski definition) is 7. The van der Waals surface area contributed by atoms with Gasteiger partial charge < -0.3 is 15.5 Å². The molecule has 132 valence electrons. The van der Waals surface area contributed by atoms with E-state index in [9.17, 15) is 4.79 Å². The minimum atomic E-state index is -0.468. The van der Waals surface area contributed by atoms with Crippen LogP contribution in [0.1, 0.15) is 35.7 Å². The molecule has 0 bridgehead atoms. The lowest BCUT2D eigenvalue weighted by Crippen LogP contribution is -2.17. The molecule has 0 spiro atoms. The molecule has 1 aromatic carbocycles. The largest absolute Gasteiger partial charge is 0.472 e. The van der Waals surface area contributed by atoms with Gasteiger partial charge in [0.05, 0.1) is 18.2 Å². The quantitative estimate of drug-likeness (QED) is 0.488. The first-order chi connectivity index (χ1) is 12.5. The number of hydrogen-bond donors (Lipinski definition) is 3. The number of anilines is 2. The van der Waals surface area contributed by atoms with Crippen LogP contribution >= 0.6 is 0 Å². The number of nitrogen functional groups attached to an aromatic ring is 1. The molecule has 1 amide bonds. The Kier molecular flexibility index (Phi) is 4.45. The zero-order valence-corrected chi connectivity index (χ0v) is 13.8. The molecule has 0 radical (unpaired) electrons. The number of amides is 1. The molecular formula is C18H18N6O2. The number of nitrogens with zero attached hydrogens (tertiary/aromatic N) is 3. The third kappa shape index (κ3) is 3.27. The van der Waals surface area contributed by atoms with E-state index in [1.54, 1.807) is 31.2 Å². The zero-order chi connectivity index (χ0) is 18.7. The summed E-state index contributed by atoms with van der Waals surface area (Å²) in [5.74, 6) is -0.468. The van der Waals surface area contributed by atoms with Gasteiger partial charge in [-0.2, -0.15) is 5.26 Å². The second-order valence-electron chi connectivity index (χ2n) is 5.52. The monoisotopic (exact) mass is 350 g/mol. The topological polar surface area (TPSA) is 142 Å². The van der Waals surface area contributed by atoms with Gasteiger partial charge in [-0.15, -0.1) is 10.2 Å². The molecule has 0 saturated heterocycles. The highest BCUT2D eigenvalue weighted by Gasteiger charge is 2.15. The van der Waals surface area contributed by atoms with E-state index >= 15 is 0 Å². The Morgan fingerprint density at radius 2 is 2.15 bits per heavy atom. The van der Waals surface area contributed by atoms with Gasteiger partial charge in [0.25, 0.3) is 5.91 Å². The Balaban J connectivity index is 0.00000196. The second-order valence-corrected chi connectivity index (χ2v) is 5.52. The predicted octanol–water partition coefficient (Wildman–Crippen LogP) is 2.99. The molecule has 4 N–H and O–H groups in total. The number of nitrogens with two attached hydrogens (primary N) is 1. The van der Waals surface area contributed by atoms with E-state index in [0.29, 0.717) is 28.1 Å². The highest BCUT2D eigenvalue weighted by Crippen LogP contribution is 2.22. The molecule has 0 fully saturated rings. The lowest BCUT2D eigenvalue weighted by atomic mass is 10.0. The normalized spacial score (nSPS) is 10.2. The van der Waals surface area contributed by atoms with Crippen LogP contribution in [0.25, 0.3) is 0 Å². The lowest BCUT2D eigenvalue weighted by Gasteiger charge is -2.11. The van der Waals surface area contributed by atoms with Crippen LogP contribution in [0.4, 0.5) is 11.4 Å². The van der Waals surface area contributed by atoms with Gasteiger partial charge in [0.1, 0.15) is 6.07 Å². The average Bonchev–Trinajstić information content (AvgIpc) is 3.17. The molecule has 8 heteroatoms. The number of carbonyl (C=O) groups excluding carboxylic acids is 1. The maximum Gasteiger partial charge on any atom is 0.276 e. The summed E-state index contributed by atoms with van der Waals surface area (Å²) in [6.45, 7) is 1.67. The van der Waals surface area contributed by atoms with Crippen LogP contribution in [-0.4, -0.2) is 21.8 Å². The minimum absolute atomic E-state index is 0. The van der Waals surface area contributed by atoms with Crippen molar-refractivity contribution in [3.05, 3.63) is 70.9 Å². The summed E-state index contributed by atoms with van der Waals surface area (Å²) in [6.07, 6.45) is 2.92. The first-order valence-corrected chi connectivity index (χ1v) is 7.56. The summed E-state index contributed by atoms with van der Waals surface area (Å²) in [4.78, 5) is 12.4. The molecule has 8 nitrogen and oxygen atoms in total. The molecule has 0 saturated carbocycles. The molecule has 0 unspecified atom stereocenters. The zero-order valence-electron chi connectivity index (χ0n) is 13.8. The third-order valence-corrected chi connectivity index (χ3v) is 3.70. The van der Waals surface area contributed by atoms with Crippen LogP contribution in [-0.2, 0) is 0 Å². The van der Waals surface area contributed by atoms with E-state index in [2.05, 4.69) is 15.5 Å². The van der Waals surface area contributed by atoms with E-state index in [4.69, 9.17) is 20.8 Å². The fraction of sp³-hybridized carbons (Fsp3) is 0.0556. The molecule has 0 aliphatic heterocycles. The molecule has 0 aliphatic carbocycles. The van der Waals surface area contributed by atoms with Crippen LogP contribution < -0.4 is 11.1 Å². The number of rotatable bonds is 4. The van der Waals surface area contributed by atoms with Crippen molar-refractivity contribution in [3.8, 4) is 6.07 Å². The first kappa shape index (κ1) is 16.9. The first-order valence-electron chi connectivity index (χ1n) is 7.56. The Morgan fingerprint density at radius 3 is 2.81 bits per heavy atom. The smallest absolute Gasteiger partial charge is 0.276 e. The molecule has 3 aromatic rings. The van der Waals surface area contributed by atoms with Gasteiger partial charge in [-0.1, -0.05) is 0 Å². The van der Waals surface area contributed by atoms with Crippen molar-refractivity contribution in [2.75, 3.05) is 11.1 Å². The Hall–Kier alpha value is -3.99. The number of carbonyl (C=O) groups is 1. The van der Waals surface area contributed by atoms with Crippen molar-refractivity contribution < 1.29 is 12.1 Å². The van der Waals surface area contributed by atoms with Crippen molar-refractivity contribution in [1.82, 2.24) is 10.2 Å². The third-order valence-electron chi connectivity index (χ3n) is 3.70. The van der Waals surface area contributed by atoms with Gasteiger partial charge in [-0.3, -0.25) is 10.2 Å². The van der Waals surface area contributed by atoms with E-state index < -0.39 is 5.91 Å². The highest BCUT2D eigenvalue weighted by molar-refractivity contribution is 6.14. The van der Waals surface area contributed by atoms with Crippen molar-refractivity contribution >= 4 is 23.0 Å². The van der Waals surface area contributed by atoms with Gasteiger partial charge >= 0.3 is 0 Å². The van der Waals surface area contributed by atoms with Gasteiger partial charge in [-0.05, 0) is 42.8 Å². The number of nitriles is 1. The SMILES string of the molecule is Cc1cc(C#N)nnc1C(=O)Nc1ccc(N)c(C(=N)c2ccoc2)c1.[HH].[HH]. The number of nitrogens with one attached hydrogen (secondary N) is 2. The van der Waals surface area contributed by atoms with Crippen LogP contribution in [0.2, 0.25) is 0 Å². The summed E-state index contributed by atoms with van der Waals surface area (Å²) in [5.41, 5.74) is 8.84. The minimum Gasteiger partial charge on any atom is -0.472 e. The van der Waals surface area contributed by atoms with E-state index in [1.165, 1.54) is 18.6 Å². The Morgan fingerprint density at radius 1 is 1.35 bits per heavy atom. The van der Waals surface area contributed by atoms with E-state index in [0.717, 1.165) is 0 Å². The number of aryl methyl sites for hydroxylation is 1. The standard InChI is InChI=1S/C18H14N6O2.2H2/c1-10-6-13(8-19)23-24-17(10)18(25)22-12-2-3-15(20)14(7-12)16(21)11-4-5-26-9-11;;/h2-7,9,21H,20H2,1H3,(H,22,25);2*1H. The maximum absolute atomic E-state index is 12.4. The van der Waals surface area contributed by atoms with E-state index in [1.807, 2.05) is 6.07 Å². The van der Waals surface area contributed by atoms with Gasteiger partial charge in [-0.25, -0.2) is 0 Å². The van der Waals surface area contributed by atoms with Gasteiger partial charge in [0, 0.05) is 25.4 Å². The van der Waals surface area contributed by atoms with E-state index in [-0.39, 0.29) is 20.0 Å². The number of furan rings is 1. The molecule has 2 heterocycles. The van der Waals surface area contributed by atoms with Gasteiger partial charge in [0.15, 0.2) is 11.4 Å². The lowest BCUT2D eigenvalue weighted by molar-refractivity contribution is 0.102. The average molecular weight is 350 g/mol. The molecule has 0 atom stereocenters. The Bertz CT molecular complexity index is 1040. The summed E-state index contributed by atoms with van der Waals surface area (Å²) in [6, 6.07) is 9.86. The highest BCUT2D eigenvalue weighted by atomic mass is 16.3. The molecule has 3 rings (SSSR count). The van der Waals surface area contributed by atoms with Crippen LogP contribution in [0.3, 0.4) is 0 Å². The molecule has 2 aromatic heterocycles. The van der Waals surface area contributed by atoms with Crippen LogP contribution in [0.5, 0.6) is 0 Å². The summed E-state index contributed by atoms with van der Waals surface area (Å²) in [5, 5.41) is 27.2. The fourth-order valence-corrected chi connectivity index (χ4v) is 2.37. The molecule has 0 aliphatic rings. The summed E-state index contributed by atoms with van der Waals surface area (Å²) >= 11 is 0. The second kappa shape index (κ2) is 6.86. The maximum atomic E-state index is 12.4. The predicted molar refractivity (Wildman–Crippen MR) is 99.2 cm³/mol. The van der Waals surface area contributed by atoms with Crippen molar-refractivity contribution in [2.24, 2.45) is 0 Å². The van der Waals surface area contributed by atoms with Crippen molar-refractivity contribution in [2.45, 2.75) is 6.92 Å². The van der Waals surface area contributed by atoms with Crippen molar-refractivity contribution in [3.63, 3.8) is 0 Å². The summed E-state index contributed by atoms with van der Waals surface area (Å²) in [7, 11) is 0. The Labute approximate surface area is 151 Å².